The second-order valence-corrected chi connectivity index (χ2v) is 6.07. The second kappa shape index (κ2) is 5.03. The van der Waals surface area contributed by atoms with Gasteiger partial charge < -0.3 is 4.57 Å². The second-order valence-electron chi connectivity index (χ2n) is 6.07. The summed E-state index contributed by atoms with van der Waals surface area (Å²) in [4.78, 5) is 11.1. The Hall–Kier alpha value is -2.09. The quantitative estimate of drug-likeness (QED) is 0.596. The SMILES string of the molecule is O=Cc1ccc2c(c1)c1ccccc1n2C1CCCCC1. The lowest BCUT2D eigenvalue weighted by molar-refractivity contribution is 0.112. The van der Waals surface area contributed by atoms with Crippen LogP contribution in [0.2, 0.25) is 0 Å². The molecular weight excluding hydrogens is 258 g/mol. The maximum Gasteiger partial charge on any atom is 0.150 e. The summed E-state index contributed by atoms with van der Waals surface area (Å²) in [6, 6.07) is 15.3. The lowest BCUT2D eigenvalue weighted by Gasteiger charge is -2.25. The van der Waals surface area contributed by atoms with Gasteiger partial charge in [0.1, 0.15) is 6.29 Å². The Kier molecular flexibility index (Phi) is 3.03. The summed E-state index contributed by atoms with van der Waals surface area (Å²) in [7, 11) is 0. The molecule has 1 aliphatic rings. The molecule has 1 aliphatic carbocycles. The average Bonchev–Trinajstić information content (AvgIpc) is 2.89. The van der Waals surface area contributed by atoms with Crippen molar-refractivity contribution >= 4 is 28.1 Å². The lowest BCUT2D eigenvalue weighted by Crippen LogP contribution is -2.12. The number of carbonyl (C=O) groups is 1. The van der Waals surface area contributed by atoms with Gasteiger partial charge >= 0.3 is 0 Å². The number of hydrogen-bond donors (Lipinski definition) is 0. The Morgan fingerprint density at radius 1 is 0.905 bits per heavy atom. The Balaban J connectivity index is 2.04. The fourth-order valence-corrected chi connectivity index (χ4v) is 3.83. The minimum absolute atomic E-state index is 0.600. The Morgan fingerprint density at radius 3 is 2.48 bits per heavy atom. The molecule has 4 rings (SSSR count). The standard InChI is InChI=1S/C19H19NO/c21-13-14-10-11-19-17(12-14)16-8-4-5-9-18(16)20(19)15-6-2-1-3-7-15/h4-5,8-13,15H,1-3,6-7H2. The van der Waals surface area contributed by atoms with E-state index in [4.69, 9.17) is 0 Å². The molecular formula is C19H19NO. The predicted molar refractivity (Wildman–Crippen MR) is 87.0 cm³/mol. The van der Waals surface area contributed by atoms with Crippen LogP contribution in [0.5, 0.6) is 0 Å². The number of aromatic nitrogens is 1. The van der Waals surface area contributed by atoms with Crippen LogP contribution in [-0.2, 0) is 0 Å². The molecule has 0 aliphatic heterocycles. The molecule has 0 atom stereocenters. The van der Waals surface area contributed by atoms with Gasteiger partial charge in [-0.15, -0.1) is 0 Å². The number of aldehydes is 1. The van der Waals surface area contributed by atoms with Crippen molar-refractivity contribution in [3.05, 3.63) is 48.0 Å². The molecule has 0 amide bonds. The van der Waals surface area contributed by atoms with Crippen LogP contribution in [0.1, 0.15) is 48.5 Å². The molecule has 0 unspecified atom stereocenters. The number of rotatable bonds is 2. The van der Waals surface area contributed by atoms with Crippen molar-refractivity contribution in [2.45, 2.75) is 38.1 Å². The van der Waals surface area contributed by atoms with Gasteiger partial charge in [0.05, 0.1) is 0 Å². The maximum atomic E-state index is 11.1. The first-order chi connectivity index (χ1) is 10.4. The van der Waals surface area contributed by atoms with Crippen LogP contribution in [0.4, 0.5) is 0 Å². The van der Waals surface area contributed by atoms with Crippen molar-refractivity contribution in [2.75, 3.05) is 0 Å². The number of nitrogens with zero attached hydrogens (tertiary/aromatic N) is 1. The zero-order chi connectivity index (χ0) is 14.2. The Morgan fingerprint density at radius 2 is 1.67 bits per heavy atom. The summed E-state index contributed by atoms with van der Waals surface area (Å²) in [5.74, 6) is 0. The molecule has 0 radical (unpaired) electrons. The van der Waals surface area contributed by atoms with E-state index in [0.29, 0.717) is 6.04 Å². The van der Waals surface area contributed by atoms with E-state index in [1.165, 1.54) is 53.9 Å². The number of para-hydroxylation sites is 1. The van der Waals surface area contributed by atoms with Crippen LogP contribution < -0.4 is 0 Å². The summed E-state index contributed by atoms with van der Waals surface area (Å²) in [5.41, 5.74) is 3.34. The first-order valence-electron chi connectivity index (χ1n) is 7.86. The molecule has 106 valence electrons. The molecule has 0 N–H and O–H groups in total. The van der Waals surface area contributed by atoms with Crippen molar-refractivity contribution in [3.8, 4) is 0 Å². The van der Waals surface area contributed by atoms with Crippen molar-refractivity contribution in [2.24, 2.45) is 0 Å². The van der Waals surface area contributed by atoms with Crippen LogP contribution in [0.3, 0.4) is 0 Å². The average molecular weight is 277 g/mol. The normalized spacial score (nSPS) is 16.6. The summed E-state index contributed by atoms with van der Waals surface area (Å²) in [5, 5.41) is 2.47. The molecule has 1 heterocycles. The first-order valence-corrected chi connectivity index (χ1v) is 7.86. The summed E-state index contributed by atoms with van der Waals surface area (Å²) in [6.45, 7) is 0. The molecule has 2 heteroatoms. The van der Waals surface area contributed by atoms with E-state index in [9.17, 15) is 4.79 Å². The van der Waals surface area contributed by atoms with E-state index in [1.54, 1.807) is 0 Å². The highest BCUT2D eigenvalue weighted by Gasteiger charge is 2.20. The molecule has 0 bridgehead atoms. The zero-order valence-electron chi connectivity index (χ0n) is 12.1. The fraction of sp³-hybridized carbons (Fsp3) is 0.316. The molecule has 0 spiro atoms. The van der Waals surface area contributed by atoms with E-state index in [2.05, 4.69) is 34.9 Å². The maximum absolute atomic E-state index is 11.1. The largest absolute Gasteiger partial charge is 0.337 e. The summed E-state index contributed by atoms with van der Waals surface area (Å²) >= 11 is 0. The molecule has 1 fully saturated rings. The topological polar surface area (TPSA) is 22.0 Å². The van der Waals surface area contributed by atoms with Crippen molar-refractivity contribution in [1.29, 1.82) is 0 Å². The summed E-state index contributed by atoms with van der Waals surface area (Å²) in [6.07, 6.45) is 7.48. The molecule has 1 aromatic heterocycles. The van der Waals surface area contributed by atoms with E-state index in [0.717, 1.165) is 11.8 Å². The van der Waals surface area contributed by atoms with Gasteiger partial charge in [-0.2, -0.15) is 0 Å². The van der Waals surface area contributed by atoms with E-state index >= 15 is 0 Å². The Bertz CT molecular complexity index is 809. The minimum atomic E-state index is 0.600. The van der Waals surface area contributed by atoms with Gasteiger partial charge in [-0.05, 0) is 37.1 Å². The number of fused-ring (bicyclic) bond motifs is 3. The predicted octanol–water partition coefficient (Wildman–Crippen LogP) is 5.11. The van der Waals surface area contributed by atoms with E-state index < -0.39 is 0 Å². The van der Waals surface area contributed by atoms with Gasteiger partial charge in [0.25, 0.3) is 0 Å². The molecule has 2 nitrogen and oxygen atoms in total. The van der Waals surface area contributed by atoms with Gasteiger partial charge in [0.2, 0.25) is 0 Å². The summed E-state index contributed by atoms with van der Waals surface area (Å²) < 4.78 is 2.51. The van der Waals surface area contributed by atoms with Crippen LogP contribution in [-0.4, -0.2) is 10.9 Å². The molecule has 1 saturated carbocycles. The van der Waals surface area contributed by atoms with Crippen molar-refractivity contribution in [3.63, 3.8) is 0 Å². The van der Waals surface area contributed by atoms with Gasteiger partial charge in [0.15, 0.2) is 0 Å². The number of benzene rings is 2. The molecule has 21 heavy (non-hydrogen) atoms. The lowest BCUT2D eigenvalue weighted by atomic mass is 9.95. The van der Waals surface area contributed by atoms with Crippen LogP contribution in [0, 0.1) is 0 Å². The molecule has 0 saturated heterocycles. The van der Waals surface area contributed by atoms with Crippen LogP contribution in [0.25, 0.3) is 21.8 Å². The van der Waals surface area contributed by atoms with Crippen LogP contribution >= 0.6 is 0 Å². The fourth-order valence-electron chi connectivity index (χ4n) is 3.83. The highest BCUT2D eigenvalue weighted by Crippen LogP contribution is 2.37. The minimum Gasteiger partial charge on any atom is -0.337 e. The first kappa shape index (κ1) is 12.6. The third-order valence-corrected chi connectivity index (χ3v) is 4.81. The van der Waals surface area contributed by atoms with E-state index in [1.807, 2.05) is 12.1 Å². The number of carbonyl (C=O) groups excluding carboxylic acids is 1. The smallest absolute Gasteiger partial charge is 0.150 e. The molecule has 2 aromatic carbocycles. The highest BCUT2D eigenvalue weighted by atomic mass is 16.1. The van der Waals surface area contributed by atoms with Gasteiger partial charge in [-0.25, -0.2) is 0 Å². The van der Waals surface area contributed by atoms with E-state index in [-0.39, 0.29) is 0 Å². The third kappa shape index (κ3) is 1.98. The highest BCUT2D eigenvalue weighted by molar-refractivity contribution is 6.09. The molecule has 3 aromatic rings. The zero-order valence-corrected chi connectivity index (χ0v) is 12.1. The van der Waals surface area contributed by atoms with Gasteiger partial charge in [-0.3, -0.25) is 4.79 Å². The van der Waals surface area contributed by atoms with Crippen molar-refractivity contribution < 1.29 is 4.79 Å². The van der Waals surface area contributed by atoms with Crippen molar-refractivity contribution in [1.82, 2.24) is 4.57 Å². The van der Waals surface area contributed by atoms with Crippen LogP contribution in [0.15, 0.2) is 42.5 Å². The monoisotopic (exact) mass is 277 g/mol. The van der Waals surface area contributed by atoms with Gasteiger partial charge in [0, 0.05) is 33.4 Å². The third-order valence-electron chi connectivity index (χ3n) is 4.81. The Labute approximate surface area is 124 Å². The number of hydrogen-bond acceptors (Lipinski definition) is 1. The van der Waals surface area contributed by atoms with Gasteiger partial charge in [-0.1, -0.05) is 37.5 Å².